The maximum absolute atomic E-state index is 12.1. The second-order valence-electron chi connectivity index (χ2n) is 3.95. The molecule has 1 unspecified atom stereocenters. The second-order valence-corrected chi connectivity index (χ2v) is 7.42. The summed E-state index contributed by atoms with van der Waals surface area (Å²) >= 11 is 6.41. The molecule has 0 saturated heterocycles. The maximum atomic E-state index is 12.1. The number of aliphatic hydroxyl groups excluding tert-OH is 1. The van der Waals surface area contributed by atoms with Crippen LogP contribution in [-0.4, -0.2) is 26.7 Å². The number of aliphatic hydroxyl groups is 1. The van der Waals surface area contributed by atoms with Crippen LogP contribution in [0.4, 0.5) is 5.69 Å². The zero-order valence-electron chi connectivity index (χ0n) is 9.65. The van der Waals surface area contributed by atoms with E-state index < -0.39 is 10.0 Å². The molecule has 1 aromatic carbocycles. The summed E-state index contributed by atoms with van der Waals surface area (Å²) in [5, 5.41) is 8.87. The van der Waals surface area contributed by atoms with Gasteiger partial charge in [-0.3, -0.25) is 0 Å². The Labute approximate surface area is 123 Å². The molecule has 1 atom stereocenters. The van der Waals surface area contributed by atoms with Gasteiger partial charge in [0.2, 0.25) is 10.0 Å². The van der Waals surface area contributed by atoms with Crippen LogP contribution >= 0.6 is 31.9 Å². The van der Waals surface area contributed by atoms with Gasteiger partial charge in [-0.05, 0) is 34.0 Å². The van der Waals surface area contributed by atoms with Gasteiger partial charge in [0.25, 0.3) is 0 Å². The number of halogens is 2. The van der Waals surface area contributed by atoms with Gasteiger partial charge in [-0.2, -0.15) is 0 Å². The van der Waals surface area contributed by atoms with Crippen LogP contribution in [0.3, 0.4) is 0 Å². The average molecular weight is 402 g/mol. The lowest BCUT2D eigenvalue weighted by Crippen LogP contribution is -2.30. The fourth-order valence-electron chi connectivity index (χ4n) is 1.25. The molecule has 0 bridgehead atoms. The lowest BCUT2D eigenvalue weighted by atomic mass is 10.2. The molecule has 0 saturated carbocycles. The molecule has 0 heterocycles. The van der Waals surface area contributed by atoms with Crippen LogP contribution in [0.1, 0.15) is 6.92 Å². The summed E-state index contributed by atoms with van der Waals surface area (Å²) in [6.45, 7) is 1.81. The highest BCUT2D eigenvalue weighted by Gasteiger charge is 2.21. The van der Waals surface area contributed by atoms with Crippen molar-refractivity contribution in [3.05, 3.63) is 21.1 Å². The summed E-state index contributed by atoms with van der Waals surface area (Å²) in [6, 6.07) is 3.13. The van der Waals surface area contributed by atoms with Gasteiger partial charge in [0.15, 0.2) is 0 Å². The van der Waals surface area contributed by atoms with Crippen molar-refractivity contribution in [2.75, 3.05) is 18.9 Å². The number of hydrogen-bond donors (Lipinski definition) is 3. The summed E-state index contributed by atoms with van der Waals surface area (Å²) in [6.07, 6.45) is 0. The Morgan fingerprint density at radius 3 is 2.56 bits per heavy atom. The molecule has 0 aliphatic heterocycles. The number of nitrogen functional groups attached to an aromatic ring is 1. The fraction of sp³-hybridized carbons (Fsp3) is 0.400. The Balaban J connectivity index is 3.06. The van der Waals surface area contributed by atoms with E-state index in [1.54, 1.807) is 13.0 Å². The van der Waals surface area contributed by atoms with Crippen molar-refractivity contribution < 1.29 is 13.5 Å². The number of sulfonamides is 1. The largest absolute Gasteiger partial charge is 0.398 e. The summed E-state index contributed by atoms with van der Waals surface area (Å²) in [5.74, 6) is -0.157. The molecular formula is C10H14Br2N2O3S. The first kappa shape index (κ1) is 15.9. The van der Waals surface area contributed by atoms with E-state index in [1.807, 2.05) is 0 Å². The average Bonchev–Trinajstić information content (AvgIpc) is 2.24. The van der Waals surface area contributed by atoms with Gasteiger partial charge in [0.1, 0.15) is 4.90 Å². The number of anilines is 1. The highest BCUT2D eigenvalue weighted by molar-refractivity contribution is 9.11. The predicted octanol–water partition coefficient (Wildman–Crippen LogP) is 1.70. The molecule has 0 spiro atoms. The van der Waals surface area contributed by atoms with E-state index >= 15 is 0 Å². The quantitative estimate of drug-likeness (QED) is 0.654. The smallest absolute Gasteiger partial charge is 0.243 e. The SMILES string of the molecule is CC(CO)CNS(=O)(=O)c1c(N)cc(Br)cc1Br. The molecule has 4 N–H and O–H groups in total. The Kier molecular flexibility index (Phi) is 5.60. The first-order chi connectivity index (χ1) is 8.27. The van der Waals surface area contributed by atoms with Gasteiger partial charge in [-0.15, -0.1) is 0 Å². The van der Waals surface area contributed by atoms with E-state index in [1.165, 1.54) is 6.07 Å². The molecule has 1 rings (SSSR count). The van der Waals surface area contributed by atoms with Crippen LogP contribution < -0.4 is 10.5 Å². The van der Waals surface area contributed by atoms with Crippen molar-refractivity contribution in [2.24, 2.45) is 5.92 Å². The van der Waals surface area contributed by atoms with E-state index in [-0.39, 0.29) is 29.7 Å². The minimum absolute atomic E-state index is 0.0100. The lowest BCUT2D eigenvalue weighted by molar-refractivity contribution is 0.238. The third kappa shape index (κ3) is 3.92. The Bertz CT molecular complexity index is 511. The van der Waals surface area contributed by atoms with E-state index in [0.29, 0.717) is 8.95 Å². The lowest BCUT2D eigenvalue weighted by Gasteiger charge is -2.13. The molecule has 18 heavy (non-hydrogen) atoms. The Hall–Kier alpha value is -0.150. The summed E-state index contributed by atoms with van der Waals surface area (Å²) in [4.78, 5) is 0.0100. The number of rotatable bonds is 5. The minimum Gasteiger partial charge on any atom is -0.398 e. The molecule has 5 nitrogen and oxygen atoms in total. The van der Waals surface area contributed by atoms with E-state index in [4.69, 9.17) is 10.8 Å². The maximum Gasteiger partial charge on any atom is 0.243 e. The first-order valence-corrected chi connectivity index (χ1v) is 8.20. The number of benzene rings is 1. The summed E-state index contributed by atoms with van der Waals surface area (Å²) in [7, 11) is -3.70. The molecular weight excluding hydrogens is 388 g/mol. The molecule has 0 aliphatic rings. The summed E-state index contributed by atoms with van der Waals surface area (Å²) in [5.41, 5.74) is 5.87. The van der Waals surface area contributed by atoms with E-state index in [9.17, 15) is 8.42 Å². The monoisotopic (exact) mass is 400 g/mol. The van der Waals surface area contributed by atoms with Crippen LogP contribution in [-0.2, 0) is 10.0 Å². The van der Waals surface area contributed by atoms with Gasteiger partial charge < -0.3 is 10.8 Å². The van der Waals surface area contributed by atoms with Crippen molar-refractivity contribution in [1.82, 2.24) is 4.72 Å². The molecule has 0 fully saturated rings. The summed E-state index contributed by atoms with van der Waals surface area (Å²) < 4.78 is 27.7. The topological polar surface area (TPSA) is 92.4 Å². The van der Waals surface area contributed by atoms with Gasteiger partial charge in [0, 0.05) is 22.1 Å². The van der Waals surface area contributed by atoms with Gasteiger partial charge in [0.05, 0.1) is 5.69 Å². The first-order valence-electron chi connectivity index (χ1n) is 5.13. The Morgan fingerprint density at radius 2 is 2.06 bits per heavy atom. The molecule has 1 aromatic rings. The van der Waals surface area contributed by atoms with Crippen LogP contribution in [0, 0.1) is 5.92 Å². The molecule has 0 aliphatic carbocycles. The van der Waals surface area contributed by atoms with E-state index in [2.05, 4.69) is 36.6 Å². The molecule has 0 radical (unpaired) electrons. The standard InChI is InChI=1S/C10H14Br2N2O3S/c1-6(5-15)4-14-18(16,17)10-8(12)2-7(11)3-9(10)13/h2-3,6,14-15H,4-5,13H2,1H3. The van der Waals surface area contributed by atoms with Gasteiger partial charge >= 0.3 is 0 Å². The fourth-order valence-corrected chi connectivity index (χ4v) is 4.48. The predicted molar refractivity (Wildman–Crippen MR) is 77.7 cm³/mol. The number of nitrogens with one attached hydrogen (secondary N) is 1. The van der Waals surface area contributed by atoms with Crippen LogP contribution in [0.5, 0.6) is 0 Å². The third-order valence-corrected chi connectivity index (χ3v) is 5.12. The normalized spacial score (nSPS) is 13.6. The highest BCUT2D eigenvalue weighted by Crippen LogP contribution is 2.31. The third-order valence-electron chi connectivity index (χ3n) is 2.24. The Morgan fingerprint density at radius 1 is 1.44 bits per heavy atom. The second kappa shape index (κ2) is 6.33. The van der Waals surface area contributed by atoms with Crippen LogP contribution in [0.2, 0.25) is 0 Å². The molecule has 0 amide bonds. The van der Waals surface area contributed by atoms with Crippen LogP contribution in [0.15, 0.2) is 26.0 Å². The van der Waals surface area contributed by atoms with Crippen LogP contribution in [0.25, 0.3) is 0 Å². The van der Waals surface area contributed by atoms with E-state index in [0.717, 1.165) is 0 Å². The molecule has 0 aromatic heterocycles. The van der Waals surface area contributed by atoms with Gasteiger partial charge in [-0.1, -0.05) is 22.9 Å². The zero-order chi connectivity index (χ0) is 13.9. The molecule has 8 heteroatoms. The van der Waals surface area contributed by atoms with Crippen molar-refractivity contribution >= 4 is 47.6 Å². The van der Waals surface area contributed by atoms with Crippen molar-refractivity contribution in [3.8, 4) is 0 Å². The zero-order valence-corrected chi connectivity index (χ0v) is 13.6. The van der Waals surface area contributed by atoms with Gasteiger partial charge in [-0.25, -0.2) is 13.1 Å². The van der Waals surface area contributed by atoms with Crippen molar-refractivity contribution in [1.29, 1.82) is 0 Å². The number of nitrogens with two attached hydrogens (primary N) is 1. The minimum atomic E-state index is -3.70. The van der Waals surface area contributed by atoms with Crippen molar-refractivity contribution in [2.45, 2.75) is 11.8 Å². The number of hydrogen-bond acceptors (Lipinski definition) is 4. The highest BCUT2D eigenvalue weighted by atomic mass is 79.9. The molecule has 102 valence electrons. The van der Waals surface area contributed by atoms with Crippen molar-refractivity contribution in [3.63, 3.8) is 0 Å².